The molecule has 1 heteroatoms. The van der Waals surface area contributed by atoms with Crippen molar-refractivity contribution in [3.8, 4) is 5.75 Å². The minimum Gasteiger partial charge on any atom is -0.290 e. The lowest BCUT2D eigenvalue weighted by molar-refractivity contribution is 0.355. The summed E-state index contributed by atoms with van der Waals surface area (Å²) in [6, 6.07) is 26.9. The molecule has 23 heavy (non-hydrogen) atoms. The van der Waals surface area contributed by atoms with Gasteiger partial charge in [-0.2, -0.15) is 0 Å². The van der Waals surface area contributed by atoms with E-state index < -0.39 is 0 Å². The van der Waals surface area contributed by atoms with E-state index in [9.17, 15) is 5.11 Å². The van der Waals surface area contributed by atoms with Gasteiger partial charge in [-0.05, 0) is 91.6 Å². The molecule has 0 aliphatic carbocycles. The first-order valence-corrected chi connectivity index (χ1v) is 7.73. The molecule has 5 rings (SSSR count). The zero-order chi connectivity index (χ0) is 15.4. The molecule has 0 heterocycles. The van der Waals surface area contributed by atoms with Crippen molar-refractivity contribution in [1.29, 1.82) is 0 Å². The average molecular weight is 293 g/mol. The van der Waals surface area contributed by atoms with Crippen LogP contribution in [0.4, 0.5) is 0 Å². The van der Waals surface area contributed by atoms with Gasteiger partial charge in [-0.3, -0.25) is 5.11 Å². The molecule has 5 aromatic rings. The second kappa shape index (κ2) is 4.47. The van der Waals surface area contributed by atoms with Crippen molar-refractivity contribution in [2.24, 2.45) is 0 Å². The molecule has 5 aromatic carbocycles. The Morgan fingerprint density at radius 1 is 0.391 bits per heavy atom. The number of hydrogen-bond donors (Lipinski definition) is 0. The normalized spacial score (nSPS) is 11.7. The molecule has 0 aliphatic heterocycles. The van der Waals surface area contributed by atoms with Crippen LogP contribution in [0.5, 0.6) is 5.75 Å². The van der Waals surface area contributed by atoms with Crippen molar-refractivity contribution in [2.75, 3.05) is 0 Å². The Labute approximate surface area is 133 Å². The lowest BCUT2D eigenvalue weighted by Crippen LogP contribution is -1.80. The minimum absolute atomic E-state index is 0.0589. The van der Waals surface area contributed by atoms with Crippen molar-refractivity contribution >= 4 is 43.1 Å². The highest BCUT2D eigenvalue weighted by molar-refractivity contribution is 6.08. The summed E-state index contributed by atoms with van der Waals surface area (Å²) in [4.78, 5) is 0. The van der Waals surface area contributed by atoms with Crippen LogP contribution < -0.4 is 0 Å². The van der Waals surface area contributed by atoms with Gasteiger partial charge in [-0.1, -0.05) is 30.3 Å². The fourth-order valence-electron chi connectivity index (χ4n) is 3.42. The Bertz CT molecular complexity index is 1220. The summed E-state index contributed by atoms with van der Waals surface area (Å²) in [6.07, 6.45) is 0. The molecule has 0 spiro atoms. The van der Waals surface area contributed by atoms with Crippen molar-refractivity contribution < 1.29 is 5.11 Å². The first kappa shape index (κ1) is 12.5. The van der Waals surface area contributed by atoms with Crippen molar-refractivity contribution in [1.82, 2.24) is 0 Å². The Morgan fingerprint density at radius 3 is 1.30 bits per heavy atom. The van der Waals surface area contributed by atoms with Crippen LogP contribution in [-0.4, -0.2) is 0 Å². The van der Waals surface area contributed by atoms with E-state index in [0.29, 0.717) is 0 Å². The molecule has 0 unspecified atom stereocenters. The summed E-state index contributed by atoms with van der Waals surface area (Å²) in [6.45, 7) is 0. The molecule has 0 aromatic heterocycles. The highest BCUT2D eigenvalue weighted by atomic mass is 16.3. The lowest BCUT2D eigenvalue weighted by atomic mass is 9.97. The summed E-state index contributed by atoms with van der Waals surface area (Å²) in [5.74, 6) is 0.0589. The largest absolute Gasteiger partial charge is 0.290 e. The third-order valence-electron chi connectivity index (χ3n) is 4.59. The molecule has 0 aliphatic rings. The fourth-order valence-corrected chi connectivity index (χ4v) is 3.42. The predicted octanol–water partition coefficient (Wildman–Crippen LogP) is 6.44. The third kappa shape index (κ3) is 1.94. The topological polar surface area (TPSA) is 19.9 Å². The summed E-state index contributed by atoms with van der Waals surface area (Å²) in [7, 11) is 0. The van der Waals surface area contributed by atoms with Gasteiger partial charge in [0.25, 0.3) is 0 Å². The van der Waals surface area contributed by atoms with E-state index in [-0.39, 0.29) is 5.75 Å². The van der Waals surface area contributed by atoms with Crippen LogP contribution in [0.3, 0.4) is 0 Å². The van der Waals surface area contributed by atoms with Crippen LogP contribution >= 0.6 is 0 Å². The molecule has 0 saturated heterocycles. The second-order valence-electron chi connectivity index (χ2n) is 6.11. The number of hydrogen-bond acceptors (Lipinski definition) is 0. The smallest absolute Gasteiger partial charge is 0.179 e. The van der Waals surface area contributed by atoms with Crippen LogP contribution in [0.15, 0.2) is 78.9 Å². The fraction of sp³-hybridized carbons (Fsp3) is 0. The van der Waals surface area contributed by atoms with Gasteiger partial charge in [0, 0.05) is 0 Å². The molecule has 0 atom stereocenters. The van der Waals surface area contributed by atoms with Gasteiger partial charge < -0.3 is 0 Å². The SMILES string of the molecule is [O]c1ccc2cc3cc4cc5ccccc5cc4cc3cc2c1. The van der Waals surface area contributed by atoms with Crippen molar-refractivity contribution in [2.45, 2.75) is 0 Å². The first-order valence-electron chi connectivity index (χ1n) is 7.73. The van der Waals surface area contributed by atoms with E-state index in [1.165, 1.54) is 32.3 Å². The standard InChI is InChI=1S/C22H13O/c23-22-6-5-16-9-19-10-17-7-14-3-1-2-4-15(14)8-18(17)11-20(19)12-21(16)13-22/h1-13H. The Balaban J connectivity index is 1.90. The highest BCUT2D eigenvalue weighted by Gasteiger charge is 2.04. The maximum absolute atomic E-state index is 11.6. The predicted molar refractivity (Wildman–Crippen MR) is 96.6 cm³/mol. The van der Waals surface area contributed by atoms with Gasteiger partial charge >= 0.3 is 0 Å². The molecule has 107 valence electrons. The van der Waals surface area contributed by atoms with Crippen molar-refractivity contribution in [3.63, 3.8) is 0 Å². The molecule has 0 fully saturated rings. The summed E-state index contributed by atoms with van der Waals surface area (Å²) >= 11 is 0. The van der Waals surface area contributed by atoms with Gasteiger partial charge in [0.05, 0.1) is 0 Å². The van der Waals surface area contributed by atoms with Crippen LogP contribution in [-0.2, 0) is 5.11 Å². The zero-order valence-corrected chi connectivity index (χ0v) is 12.4. The summed E-state index contributed by atoms with van der Waals surface area (Å²) in [5.41, 5.74) is 0. The number of rotatable bonds is 0. The molecular weight excluding hydrogens is 280 g/mol. The van der Waals surface area contributed by atoms with Gasteiger partial charge in [-0.25, -0.2) is 0 Å². The summed E-state index contributed by atoms with van der Waals surface area (Å²) < 4.78 is 0. The molecule has 0 saturated carbocycles. The maximum Gasteiger partial charge on any atom is 0.179 e. The van der Waals surface area contributed by atoms with E-state index >= 15 is 0 Å². The lowest BCUT2D eigenvalue weighted by Gasteiger charge is -2.07. The van der Waals surface area contributed by atoms with Crippen LogP contribution in [0, 0.1) is 0 Å². The van der Waals surface area contributed by atoms with Crippen molar-refractivity contribution in [3.05, 3.63) is 78.9 Å². The van der Waals surface area contributed by atoms with Crippen LogP contribution in [0.2, 0.25) is 0 Å². The Morgan fingerprint density at radius 2 is 0.783 bits per heavy atom. The molecule has 0 bridgehead atoms. The van der Waals surface area contributed by atoms with E-state index in [0.717, 1.165) is 10.8 Å². The van der Waals surface area contributed by atoms with Crippen LogP contribution in [0.1, 0.15) is 0 Å². The second-order valence-corrected chi connectivity index (χ2v) is 6.11. The van der Waals surface area contributed by atoms with Gasteiger partial charge in [0.15, 0.2) is 5.75 Å². The Kier molecular flexibility index (Phi) is 2.42. The first-order chi connectivity index (χ1) is 11.3. The highest BCUT2D eigenvalue weighted by Crippen LogP contribution is 2.31. The van der Waals surface area contributed by atoms with Gasteiger partial charge in [-0.15, -0.1) is 0 Å². The third-order valence-corrected chi connectivity index (χ3v) is 4.59. The van der Waals surface area contributed by atoms with Gasteiger partial charge in [0.2, 0.25) is 0 Å². The van der Waals surface area contributed by atoms with Gasteiger partial charge in [0.1, 0.15) is 0 Å². The molecule has 0 amide bonds. The maximum atomic E-state index is 11.6. The Hall–Kier alpha value is -3.06. The zero-order valence-electron chi connectivity index (χ0n) is 12.4. The molecule has 1 nitrogen and oxygen atoms in total. The molecule has 1 radical (unpaired) electrons. The monoisotopic (exact) mass is 293 g/mol. The van der Waals surface area contributed by atoms with Crippen LogP contribution in [0.25, 0.3) is 43.1 Å². The van der Waals surface area contributed by atoms with E-state index in [1.807, 2.05) is 6.07 Å². The average Bonchev–Trinajstić information content (AvgIpc) is 2.56. The quantitative estimate of drug-likeness (QED) is 0.293. The number of benzene rings is 5. The number of fused-ring (bicyclic) bond motifs is 4. The molecule has 0 N–H and O–H groups in total. The van der Waals surface area contributed by atoms with E-state index in [1.54, 1.807) is 12.1 Å². The minimum atomic E-state index is 0.0589. The van der Waals surface area contributed by atoms with E-state index in [2.05, 4.69) is 60.7 Å². The molecular formula is C22H13O. The van der Waals surface area contributed by atoms with E-state index in [4.69, 9.17) is 0 Å². The summed E-state index contributed by atoms with van der Waals surface area (Å²) in [5, 5.41) is 21.1.